The molecule has 0 spiro atoms. The van der Waals surface area contributed by atoms with E-state index < -0.39 is 11.6 Å². The van der Waals surface area contributed by atoms with E-state index in [1.54, 1.807) is 36.3 Å². The number of nitrogens with one attached hydrogen (secondary N) is 1. The van der Waals surface area contributed by atoms with Crippen LogP contribution >= 0.6 is 11.8 Å². The molecule has 0 saturated carbocycles. The van der Waals surface area contributed by atoms with Crippen LogP contribution in [-0.4, -0.2) is 44.1 Å². The third-order valence-corrected chi connectivity index (χ3v) is 7.17. The Morgan fingerprint density at radius 1 is 1.06 bits per heavy atom. The Hall–Kier alpha value is -2.94. The average Bonchev–Trinajstić information content (AvgIpc) is 2.79. The normalized spacial score (nSPS) is 17.2. The molecular weight excluding hydrogens is 424 g/mol. The molecular formula is C24H24N4O3S. The summed E-state index contributed by atoms with van der Waals surface area (Å²) in [7, 11) is 0. The first-order chi connectivity index (χ1) is 15.5. The number of benzene rings is 2. The van der Waals surface area contributed by atoms with E-state index in [0.29, 0.717) is 12.8 Å². The molecule has 0 bridgehead atoms. The highest BCUT2D eigenvalue weighted by atomic mass is 32.2. The molecule has 5 rings (SSSR count). The summed E-state index contributed by atoms with van der Waals surface area (Å²) in [6.07, 6.45) is 4.68. The highest BCUT2D eigenvalue weighted by Gasteiger charge is 2.34. The first-order valence-corrected chi connectivity index (χ1v) is 11.4. The topological polar surface area (TPSA) is 98.6 Å². The van der Waals surface area contributed by atoms with Gasteiger partial charge in [-0.3, -0.25) is 9.69 Å². The van der Waals surface area contributed by atoms with Crippen molar-refractivity contribution in [2.45, 2.75) is 41.3 Å². The van der Waals surface area contributed by atoms with Gasteiger partial charge in [0.05, 0.1) is 17.7 Å². The summed E-state index contributed by atoms with van der Waals surface area (Å²) in [5, 5.41) is 24.4. The minimum atomic E-state index is -0.866. The van der Waals surface area contributed by atoms with Gasteiger partial charge in [-0.15, -0.1) is 0 Å². The van der Waals surface area contributed by atoms with Gasteiger partial charge in [-0.2, -0.15) is 0 Å². The maximum absolute atomic E-state index is 11.2. The quantitative estimate of drug-likeness (QED) is 0.424. The third-order valence-electron chi connectivity index (χ3n) is 6.10. The van der Waals surface area contributed by atoms with Crippen LogP contribution in [0.3, 0.4) is 0 Å². The molecule has 0 atom stereocenters. The van der Waals surface area contributed by atoms with Crippen molar-refractivity contribution in [1.29, 1.82) is 0 Å². The van der Waals surface area contributed by atoms with Gasteiger partial charge in [0.25, 0.3) is 0 Å². The molecule has 32 heavy (non-hydrogen) atoms. The van der Waals surface area contributed by atoms with Gasteiger partial charge < -0.3 is 15.5 Å². The highest BCUT2D eigenvalue weighted by molar-refractivity contribution is 7.99. The molecule has 8 heteroatoms. The molecule has 0 radical (unpaired) electrons. The second-order valence-electron chi connectivity index (χ2n) is 8.34. The maximum Gasteiger partial charge on any atom is 0.307 e. The van der Waals surface area contributed by atoms with Gasteiger partial charge in [-0.25, -0.2) is 9.97 Å². The van der Waals surface area contributed by atoms with E-state index in [9.17, 15) is 9.90 Å². The Bertz CT molecular complexity index is 1140. The Labute approximate surface area is 190 Å². The lowest BCUT2D eigenvalue weighted by molar-refractivity contribution is -0.136. The zero-order chi connectivity index (χ0) is 22.1. The van der Waals surface area contributed by atoms with Crippen molar-refractivity contribution < 1.29 is 15.0 Å². The smallest absolute Gasteiger partial charge is 0.307 e. The summed E-state index contributed by atoms with van der Waals surface area (Å²) in [6.45, 7) is 2.41. The Kier molecular flexibility index (Phi) is 5.58. The average molecular weight is 449 g/mol. The maximum atomic E-state index is 11.2. The number of rotatable bonds is 5. The fourth-order valence-corrected chi connectivity index (χ4v) is 5.19. The number of anilines is 2. The van der Waals surface area contributed by atoms with E-state index in [-0.39, 0.29) is 6.42 Å². The van der Waals surface area contributed by atoms with E-state index in [2.05, 4.69) is 38.4 Å². The van der Waals surface area contributed by atoms with Crippen molar-refractivity contribution in [3.05, 3.63) is 71.5 Å². The number of likely N-dealkylation sites (tertiary alicyclic amines) is 1. The number of fused-ring (bicyclic) bond motifs is 2. The summed E-state index contributed by atoms with van der Waals surface area (Å²) in [5.74, 6) is -0.0579. The fourth-order valence-electron chi connectivity index (χ4n) is 4.31. The van der Waals surface area contributed by atoms with Crippen molar-refractivity contribution in [3.63, 3.8) is 0 Å². The van der Waals surface area contributed by atoms with Crippen LogP contribution in [0.2, 0.25) is 0 Å². The molecule has 1 fully saturated rings. The van der Waals surface area contributed by atoms with E-state index >= 15 is 0 Å². The molecule has 3 heterocycles. The number of carboxylic acid groups (broad SMARTS) is 1. The molecule has 1 saturated heterocycles. The lowest BCUT2D eigenvalue weighted by atomic mass is 9.84. The van der Waals surface area contributed by atoms with E-state index in [4.69, 9.17) is 5.11 Å². The molecule has 0 unspecified atom stereocenters. The minimum absolute atomic E-state index is 0.00120. The van der Waals surface area contributed by atoms with Crippen molar-refractivity contribution >= 4 is 29.2 Å². The molecule has 3 aromatic rings. The van der Waals surface area contributed by atoms with Crippen LogP contribution < -0.4 is 5.32 Å². The zero-order valence-electron chi connectivity index (χ0n) is 17.5. The molecule has 2 aromatic carbocycles. The lowest BCUT2D eigenvalue weighted by Gasteiger charge is -2.38. The second-order valence-corrected chi connectivity index (χ2v) is 9.37. The molecule has 0 aliphatic carbocycles. The molecule has 2 aliphatic rings. The number of piperidine rings is 1. The summed E-state index contributed by atoms with van der Waals surface area (Å²) >= 11 is 1.62. The van der Waals surface area contributed by atoms with Gasteiger partial charge in [-0.1, -0.05) is 42.1 Å². The van der Waals surface area contributed by atoms with Gasteiger partial charge in [0.15, 0.2) is 5.82 Å². The monoisotopic (exact) mass is 448 g/mol. The largest absolute Gasteiger partial charge is 0.481 e. The zero-order valence-corrected chi connectivity index (χ0v) is 18.3. The molecule has 3 N–H and O–H groups in total. The number of hydrogen-bond acceptors (Lipinski definition) is 7. The predicted molar refractivity (Wildman–Crippen MR) is 122 cm³/mol. The Morgan fingerprint density at radius 3 is 2.53 bits per heavy atom. The highest BCUT2D eigenvalue weighted by Crippen LogP contribution is 2.42. The van der Waals surface area contributed by atoms with E-state index in [1.807, 2.05) is 12.1 Å². The Balaban J connectivity index is 1.21. The van der Waals surface area contributed by atoms with Gasteiger partial charge in [-0.05, 0) is 41.7 Å². The van der Waals surface area contributed by atoms with Crippen LogP contribution in [0, 0.1) is 0 Å². The fraction of sp³-hybridized carbons (Fsp3) is 0.292. The van der Waals surface area contributed by atoms with Gasteiger partial charge in [0.1, 0.15) is 5.03 Å². The summed E-state index contributed by atoms with van der Waals surface area (Å²) < 4.78 is 0. The van der Waals surface area contributed by atoms with Crippen molar-refractivity contribution in [2.24, 2.45) is 0 Å². The van der Waals surface area contributed by atoms with Crippen molar-refractivity contribution in [1.82, 2.24) is 14.9 Å². The number of hydrogen-bond donors (Lipinski definition) is 3. The summed E-state index contributed by atoms with van der Waals surface area (Å²) in [6, 6.07) is 13.8. The third kappa shape index (κ3) is 4.34. The van der Waals surface area contributed by atoms with Crippen LogP contribution in [-0.2, 0) is 23.4 Å². The van der Waals surface area contributed by atoms with Crippen LogP contribution in [0.15, 0.2) is 64.8 Å². The standard InChI is InChI=1S/C24H24N4O3S/c29-21(30)14-16-1-4-18(5-2-16)24(31)7-11-28(12-8-24)15-17-3-6-20-19(13-17)27-22-23(32-20)26-10-9-25-22/h1-6,9-10,13,31H,7-8,11-12,14-15H2,(H,25,27)(H,29,30). The molecule has 164 valence electrons. The van der Waals surface area contributed by atoms with Gasteiger partial charge in [0, 0.05) is 36.9 Å². The summed E-state index contributed by atoms with van der Waals surface area (Å²) in [4.78, 5) is 23.1. The minimum Gasteiger partial charge on any atom is -0.481 e. The lowest BCUT2D eigenvalue weighted by Crippen LogP contribution is -2.42. The van der Waals surface area contributed by atoms with Crippen LogP contribution in [0.4, 0.5) is 11.5 Å². The van der Waals surface area contributed by atoms with E-state index in [0.717, 1.165) is 52.2 Å². The molecule has 2 aliphatic heterocycles. The molecule has 7 nitrogen and oxygen atoms in total. The summed E-state index contributed by atoms with van der Waals surface area (Å²) in [5.41, 5.74) is 3.01. The molecule has 0 amide bonds. The second kappa shape index (κ2) is 8.54. The number of aromatic nitrogens is 2. The number of aliphatic carboxylic acids is 1. The van der Waals surface area contributed by atoms with E-state index in [1.165, 1.54) is 5.56 Å². The number of aliphatic hydroxyl groups is 1. The molecule has 1 aromatic heterocycles. The van der Waals surface area contributed by atoms with Crippen LogP contribution in [0.25, 0.3) is 0 Å². The first-order valence-electron chi connectivity index (χ1n) is 10.6. The van der Waals surface area contributed by atoms with Gasteiger partial charge in [0.2, 0.25) is 0 Å². The SMILES string of the molecule is O=C(O)Cc1ccc(C2(O)CCN(Cc3ccc4c(c3)Nc3nccnc3S4)CC2)cc1. The van der Waals surface area contributed by atoms with Gasteiger partial charge >= 0.3 is 5.97 Å². The van der Waals surface area contributed by atoms with Crippen LogP contribution in [0.1, 0.15) is 29.5 Å². The number of carboxylic acids is 1. The Morgan fingerprint density at radius 2 is 1.78 bits per heavy atom. The van der Waals surface area contributed by atoms with Crippen molar-refractivity contribution in [3.8, 4) is 0 Å². The van der Waals surface area contributed by atoms with Crippen LogP contribution in [0.5, 0.6) is 0 Å². The predicted octanol–water partition coefficient (Wildman–Crippen LogP) is 3.80. The number of nitrogens with zero attached hydrogens (tertiary/aromatic N) is 3. The first kappa shape index (κ1) is 20.9. The number of carbonyl (C=O) groups is 1. The van der Waals surface area contributed by atoms with Crippen molar-refractivity contribution in [2.75, 3.05) is 18.4 Å².